The Kier molecular flexibility index (Phi) is 4.38. The van der Waals surface area contributed by atoms with Gasteiger partial charge in [0, 0.05) is 19.2 Å². The van der Waals surface area contributed by atoms with Crippen molar-refractivity contribution in [2.45, 2.75) is 32.2 Å². The maximum Gasteiger partial charge on any atom is 0.0471 e. The predicted molar refractivity (Wildman–Crippen MR) is 68.9 cm³/mol. The van der Waals surface area contributed by atoms with E-state index >= 15 is 0 Å². The molecule has 1 fully saturated rings. The monoisotopic (exact) mass is 239 g/mol. The first-order chi connectivity index (χ1) is 7.79. The molecule has 0 aromatic carbocycles. The SMILES string of the molecule is CC(Cc1ccsc1)N1CCCC(CO)C1. The number of nitrogens with zero attached hydrogens (tertiary/aromatic N) is 1. The Labute approximate surface area is 102 Å². The minimum atomic E-state index is 0.349. The minimum Gasteiger partial charge on any atom is -0.396 e. The lowest BCUT2D eigenvalue weighted by atomic mass is 9.96. The summed E-state index contributed by atoms with van der Waals surface area (Å²) in [6.07, 6.45) is 3.57. The molecule has 1 aliphatic heterocycles. The fourth-order valence-corrected chi connectivity index (χ4v) is 3.21. The molecule has 3 heteroatoms. The molecule has 90 valence electrons. The molecule has 1 saturated heterocycles. The van der Waals surface area contributed by atoms with Gasteiger partial charge in [0.2, 0.25) is 0 Å². The molecule has 0 radical (unpaired) electrons. The largest absolute Gasteiger partial charge is 0.396 e. The van der Waals surface area contributed by atoms with E-state index in [9.17, 15) is 5.11 Å². The number of hydrogen-bond donors (Lipinski definition) is 1. The molecule has 2 atom stereocenters. The molecule has 2 rings (SSSR count). The van der Waals surface area contributed by atoms with Crippen molar-refractivity contribution in [1.82, 2.24) is 4.90 Å². The zero-order valence-electron chi connectivity index (χ0n) is 9.93. The highest BCUT2D eigenvalue weighted by molar-refractivity contribution is 7.07. The zero-order valence-corrected chi connectivity index (χ0v) is 10.7. The van der Waals surface area contributed by atoms with Crippen LogP contribution in [0.15, 0.2) is 16.8 Å². The third-order valence-electron chi connectivity index (χ3n) is 3.54. The molecule has 16 heavy (non-hydrogen) atoms. The minimum absolute atomic E-state index is 0.349. The second-order valence-electron chi connectivity index (χ2n) is 4.87. The van der Waals surface area contributed by atoms with Crippen LogP contribution in [0.1, 0.15) is 25.3 Å². The lowest BCUT2D eigenvalue weighted by Crippen LogP contribution is -2.43. The van der Waals surface area contributed by atoms with Crippen molar-refractivity contribution >= 4 is 11.3 Å². The van der Waals surface area contributed by atoms with Crippen molar-refractivity contribution < 1.29 is 5.11 Å². The van der Waals surface area contributed by atoms with Crippen molar-refractivity contribution in [2.24, 2.45) is 5.92 Å². The Morgan fingerprint density at radius 2 is 2.50 bits per heavy atom. The summed E-state index contributed by atoms with van der Waals surface area (Å²) < 4.78 is 0. The molecule has 1 aliphatic rings. The van der Waals surface area contributed by atoms with Gasteiger partial charge in [0.15, 0.2) is 0 Å². The summed E-state index contributed by atoms with van der Waals surface area (Å²) >= 11 is 1.77. The maximum atomic E-state index is 9.22. The Bertz CT molecular complexity index is 299. The van der Waals surface area contributed by atoms with Crippen LogP contribution in [0.4, 0.5) is 0 Å². The Morgan fingerprint density at radius 3 is 3.19 bits per heavy atom. The van der Waals surface area contributed by atoms with Crippen LogP contribution in [-0.4, -0.2) is 35.7 Å². The molecule has 2 heterocycles. The van der Waals surface area contributed by atoms with Gasteiger partial charge in [-0.1, -0.05) is 0 Å². The first-order valence-electron chi connectivity index (χ1n) is 6.15. The number of likely N-dealkylation sites (tertiary alicyclic amines) is 1. The Morgan fingerprint density at radius 1 is 1.62 bits per heavy atom. The zero-order chi connectivity index (χ0) is 11.4. The lowest BCUT2D eigenvalue weighted by Gasteiger charge is -2.36. The standard InChI is InChI=1S/C13H21NOS/c1-11(7-12-4-6-16-10-12)14-5-2-3-13(8-14)9-15/h4,6,10-11,13,15H,2-3,5,7-9H2,1H3. The van der Waals surface area contributed by atoms with E-state index in [0.717, 1.165) is 13.0 Å². The van der Waals surface area contributed by atoms with Crippen molar-refractivity contribution in [3.63, 3.8) is 0 Å². The number of aliphatic hydroxyl groups excluding tert-OH is 1. The van der Waals surface area contributed by atoms with Crippen LogP contribution < -0.4 is 0 Å². The third-order valence-corrected chi connectivity index (χ3v) is 4.28. The molecule has 0 amide bonds. The predicted octanol–water partition coefficient (Wildman–Crippen LogP) is 2.38. The molecular formula is C13H21NOS. The molecule has 0 bridgehead atoms. The summed E-state index contributed by atoms with van der Waals surface area (Å²) in [4.78, 5) is 2.53. The van der Waals surface area contributed by atoms with Crippen molar-refractivity contribution in [1.29, 1.82) is 0 Å². The van der Waals surface area contributed by atoms with Gasteiger partial charge in [-0.3, -0.25) is 4.90 Å². The Balaban J connectivity index is 1.86. The van der Waals surface area contributed by atoms with Gasteiger partial charge < -0.3 is 5.11 Å². The van der Waals surface area contributed by atoms with Gasteiger partial charge in [-0.15, -0.1) is 0 Å². The molecule has 0 aliphatic carbocycles. The molecule has 0 spiro atoms. The summed E-state index contributed by atoms with van der Waals surface area (Å²) in [6.45, 7) is 4.92. The smallest absolute Gasteiger partial charge is 0.0471 e. The molecular weight excluding hydrogens is 218 g/mol. The van der Waals surface area contributed by atoms with E-state index in [1.165, 1.54) is 24.9 Å². The normalized spacial score (nSPS) is 24.5. The quantitative estimate of drug-likeness (QED) is 0.872. The summed E-state index contributed by atoms with van der Waals surface area (Å²) in [5.41, 5.74) is 1.45. The number of hydrogen-bond acceptors (Lipinski definition) is 3. The molecule has 2 unspecified atom stereocenters. The average Bonchev–Trinajstić information content (AvgIpc) is 2.82. The van der Waals surface area contributed by atoms with Crippen molar-refractivity contribution in [3.05, 3.63) is 22.4 Å². The first kappa shape index (κ1) is 12.1. The van der Waals surface area contributed by atoms with Crippen molar-refractivity contribution in [2.75, 3.05) is 19.7 Å². The molecule has 1 aromatic rings. The summed E-state index contributed by atoms with van der Waals surface area (Å²) in [5, 5.41) is 13.6. The van der Waals surface area contributed by atoms with E-state index < -0.39 is 0 Å². The third kappa shape index (κ3) is 3.06. The molecule has 1 N–H and O–H groups in total. The van der Waals surface area contributed by atoms with Crippen LogP contribution in [-0.2, 0) is 6.42 Å². The molecule has 2 nitrogen and oxygen atoms in total. The van der Waals surface area contributed by atoms with Gasteiger partial charge in [0.25, 0.3) is 0 Å². The van der Waals surface area contributed by atoms with Gasteiger partial charge in [-0.2, -0.15) is 11.3 Å². The van der Waals surface area contributed by atoms with Gasteiger partial charge in [-0.05, 0) is 61.0 Å². The van der Waals surface area contributed by atoms with Crippen LogP contribution in [0.5, 0.6) is 0 Å². The first-order valence-corrected chi connectivity index (χ1v) is 7.10. The van der Waals surface area contributed by atoms with Gasteiger partial charge in [0.05, 0.1) is 0 Å². The fraction of sp³-hybridized carbons (Fsp3) is 0.692. The van der Waals surface area contributed by atoms with Crippen LogP contribution in [0.2, 0.25) is 0 Å². The fourth-order valence-electron chi connectivity index (χ4n) is 2.53. The summed E-state index contributed by atoms with van der Waals surface area (Å²) in [6, 6.07) is 2.82. The van der Waals surface area contributed by atoms with Gasteiger partial charge in [0.1, 0.15) is 0 Å². The molecule has 0 saturated carbocycles. The summed E-state index contributed by atoms with van der Waals surface area (Å²) in [7, 11) is 0. The Hall–Kier alpha value is -0.380. The van der Waals surface area contributed by atoms with E-state index in [-0.39, 0.29) is 0 Å². The van der Waals surface area contributed by atoms with Gasteiger partial charge >= 0.3 is 0 Å². The van der Waals surface area contributed by atoms with Crippen LogP contribution in [0, 0.1) is 5.92 Å². The highest BCUT2D eigenvalue weighted by atomic mass is 32.1. The van der Waals surface area contributed by atoms with E-state index in [1.807, 2.05) is 0 Å². The molecule has 1 aromatic heterocycles. The number of piperidine rings is 1. The highest BCUT2D eigenvalue weighted by Gasteiger charge is 2.22. The number of aliphatic hydroxyl groups is 1. The maximum absolute atomic E-state index is 9.22. The van der Waals surface area contributed by atoms with Crippen molar-refractivity contribution in [3.8, 4) is 0 Å². The van der Waals surface area contributed by atoms with E-state index in [2.05, 4.69) is 28.7 Å². The highest BCUT2D eigenvalue weighted by Crippen LogP contribution is 2.20. The average molecular weight is 239 g/mol. The second kappa shape index (κ2) is 5.80. The van der Waals surface area contributed by atoms with Crippen LogP contribution in [0.3, 0.4) is 0 Å². The number of thiophene rings is 1. The van der Waals surface area contributed by atoms with Crippen LogP contribution in [0.25, 0.3) is 0 Å². The van der Waals surface area contributed by atoms with E-state index in [1.54, 1.807) is 11.3 Å². The summed E-state index contributed by atoms with van der Waals surface area (Å²) in [5.74, 6) is 0.499. The van der Waals surface area contributed by atoms with E-state index in [4.69, 9.17) is 0 Å². The lowest BCUT2D eigenvalue weighted by molar-refractivity contribution is 0.0936. The topological polar surface area (TPSA) is 23.5 Å². The van der Waals surface area contributed by atoms with Gasteiger partial charge in [-0.25, -0.2) is 0 Å². The van der Waals surface area contributed by atoms with Crippen LogP contribution >= 0.6 is 11.3 Å². The number of rotatable bonds is 4. The second-order valence-corrected chi connectivity index (χ2v) is 5.65. The van der Waals surface area contributed by atoms with E-state index in [0.29, 0.717) is 18.6 Å².